The topological polar surface area (TPSA) is 0 Å². The van der Waals surface area contributed by atoms with Gasteiger partial charge in [-0.05, 0) is 60.7 Å². The predicted octanol–water partition coefficient (Wildman–Crippen LogP) is 9.58. The molecular formula is C42H18. The molecule has 0 spiro atoms. The third-order valence-electron chi connectivity index (χ3n) is 6.86. The first-order valence-electron chi connectivity index (χ1n) is 13.5. The fourth-order valence-electron chi connectivity index (χ4n) is 4.63. The molecule has 0 heterocycles. The van der Waals surface area contributed by atoms with Crippen LogP contribution in [0.4, 0.5) is 0 Å². The fraction of sp³-hybridized carbons (Fsp3) is 0. The van der Waals surface area contributed by atoms with E-state index in [0.717, 1.165) is 64.6 Å². The van der Waals surface area contributed by atoms with Crippen LogP contribution in [0.5, 0.6) is 0 Å². The molecule has 0 saturated carbocycles. The molecule has 7 aromatic rings. The van der Waals surface area contributed by atoms with Gasteiger partial charge in [0.15, 0.2) is 0 Å². The normalized spacial score (nSPS) is 9.71. The Morgan fingerprint density at radius 3 is 0.500 bits per heavy atom. The van der Waals surface area contributed by atoms with Crippen molar-refractivity contribution in [1.29, 1.82) is 0 Å². The van der Waals surface area contributed by atoms with E-state index in [9.17, 15) is 0 Å². The highest BCUT2D eigenvalue weighted by Gasteiger charge is 1.96. The Labute approximate surface area is 246 Å². The van der Waals surface area contributed by atoms with E-state index in [2.05, 4.69) is 72.8 Å². The van der Waals surface area contributed by atoms with Crippen LogP contribution in [0.2, 0.25) is 0 Å². The van der Waals surface area contributed by atoms with Gasteiger partial charge in [-0.25, -0.2) is 0 Å². The van der Waals surface area contributed by atoms with Crippen LogP contribution < -0.4 is 0 Å². The molecule has 0 N–H and O–H groups in total. The average molecular weight is 523 g/mol. The summed E-state index contributed by atoms with van der Waals surface area (Å²) in [6.07, 6.45) is 0. The first-order valence-corrected chi connectivity index (χ1v) is 13.5. The molecule has 7 aromatic carbocycles. The lowest BCUT2D eigenvalue weighted by Gasteiger charge is -1.92. The highest BCUT2D eigenvalue weighted by molar-refractivity contribution is 5.96. The zero-order valence-electron chi connectivity index (χ0n) is 22.4. The van der Waals surface area contributed by atoms with Crippen LogP contribution in [0.25, 0.3) is 64.6 Å². The van der Waals surface area contributed by atoms with Gasteiger partial charge in [0.1, 0.15) is 0 Å². The van der Waals surface area contributed by atoms with Gasteiger partial charge >= 0.3 is 0 Å². The summed E-state index contributed by atoms with van der Waals surface area (Å²) in [5.74, 6) is 0. The largest absolute Gasteiger partial charge is 0.0609 e. The second-order valence-corrected chi connectivity index (χ2v) is 9.63. The van der Waals surface area contributed by atoms with Gasteiger partial charge in [0.2, 0.25) is 0 Å². The highest BCUT2D eigenvalue weighted by Crippen LogP contribution is 2.18. The van der Waals surface area contributed by atoms with Crippen molar-refractivity contribution < 1.29 is 0 Å². The third-order valence-corrected chi connectivity index (χ3v) is 6.86. The molecule has 0 aliphatic heterocycles. The molecule has 42 heavy (non-hydrogen) atoms. The first kappa shape index (κ1) is 24.5. The van der Waals surface area contributed by atoms with E-state index < -0.39 is 0 Å². The zero-order chi connectivity index (χ0) is 28.1. The Morgan fingerprint density at radius 2 is 0.333 bits per heavy atom. The monoisotopic (exact) mass is 522 g/mol. The van der Waals surface area contributed by atoms with E-state index in [0.29, 0.717) is 0 Å². The second-order valence-electron chi connectivity index (χ2n) is 9.63. The van der Waals surface area contributed by atoms with Crippen LogP contribution in [0, 0.1) is 72.8 Å². The van der Waals surface area contributed by atoms with Crippen molar-refractivity contribution in [2.75, 3.05) is 0 Å². The Balaban J connectivity index is 1.64. The summed E-state index contributed by atoms with van der Waals surface area (Å²) in [6, 6.07) is 75.9. The van der Waals surface area contributed by atoms with E-state index in [1.807, 2.05) is 109 Å². The van der Waals surface area contributed by atoms with Crippen LogP contribution in [0.3, 0.4) is 0 Å². The number of hydrogen-bond acceptors (Lipinski definition) is 0. The minimum absolute atomic E-state index is 0.790. The predicted molar refractivity (Wildman–Crippen MR) is 170 cm³/mol. The molecule has 0 aromatic heterocycles. The lowest BCUT2D eigenvalue weighted by molar-refractivity contribution is 1.79. The first-order chi connectivity index (χ1) is 20.8. The van der Waals surface area contributed by atoms with Crippen LogP contribution in [0.1, 0.15) is 0 Å². The summed E-state index contributed by atoms with van der Waals surface area (Å²) in [5, 5.41) is 10.1. The van der Waals surface area contributed by atoms with Crippen LogP contribution in [-0.2, 0) is 0 Å². The molecule has 0 atom stereocenters. The van der Waals surface area contributed by atoms with E-state index in [1.165, 1.54) is 0 Å². The number of hydrogen-bond donors (Lipinski definition) is 0. The summed E-state index contributed by atoms with van der Waals surface area (Å²) in [5.41, 5.74) is 0. The van der Waals surface area contributed by atoms with Crippen molar-refractivity contribution in [3.8, 4) is 0 Å². The molecule has 7 rings (SSSR count). The van der Waals surface area contributed by atoms with Gasteiger partial charge in [-0.2, -0.15) is 0 Å². The quantitative estimate of drug-likeness (QED) is 0.186. The standard InChI is InChI=1S/C42H18/c1-5-13-35-21-25-39-29-41-27-23-37-15-7-3-11-33(37)19-20-34-12-4-8-16-38(34)24-28-42(41)30-40(39)26-22-36-14-6-2-10-32(36)18-17-31(35)9-1/h1-16,29-30H. The van der Waals surface area contributed by atoms with E-state index in [-0.39, 0.29) is 0 Å². The molecule has 0 saturated heterocycles. The van der Waals surface area contributed by atoms with Gasteiger partial charge in [-0.3, -0.25) is 0 Å². The lowest BCUT2D eigenvalue weighted by Crippen LogP contribution is -1.71. The number of benzene rings is 5. The van der Waals surface area contributed by atoms with Gasteiger partial charge in [0.25, 0.3) is 0 Å². The van der Waals surface area contributed by atoms with Gasteiger partial charge in [-0.1, -0.05) is 121 Å². The molecule has 0 fully saturated rings. The highest BCUT2D eigenvalue weighted by atomic mass is 14.0. The van der Waals surface area contributed by atoms with E-state index in [1.54, 1.807) is 0 Å². The summed E-state index contributed by atoms with van der Waals surface area (Å²) >= 11 is 0. The zero-order valence-corrected chi connectivity index (χ0v) is 22.4. The van der Waals surface area contributed by atoms with Crippen molar-refractivity contribution in [3.05, 3.63) is 182 Å². The molecule has 0 aliphatic carbocycles. The van der Waals surface area contributed by atoms with Gasteiger partial charge in [0.05, 0.1) is 0 Å². The number of fused-ring (bicyclic) bond motifs is 6. The summed E-state index contributed by atoms with van der Waals surface area (Å²) < 4.78 is 0. The van der Waals surface area contributed by atoms with Gasteiger partial charge in [-0.15, -0.1) is 0 Å². The SMILES string of the molecule is c1c2ccccc2c#cc2cc3c#cc4ccccc4c#cc4ccccc4c#cc3cc2c#cc2ccccc2c#1. The Kier molecular flexibility index (Phi) is 6.36. The molecule has 0 unspecified atom stereocenters. The molecule has 0 radical (unpaired) electrons. The van der Waals surface area contributed by atoms with Crippen molar-refractivity contribution in [1.82, 2.24) is 0 Å². The molecule has 0 aliphatic rings. The van der Waals surface area contributed by atoms with Crippen molar-refractivity contribution >= 4 is 64.6 Å². The fourth-order valence-corrected chi connectivity index (χ4v) is 4.63. The Hall–Kier alpha value is -6.54. The van der Waals surface area contributed by atoms with Gasteiger partial charge in [0, 0.05) is 64.6 Å². The lowest BCUT2D eigenvalue weighted by atomic mass is 10.1. The minimum Gasteiger partial charge on any atom is -0.0609 e. The molecule has 186 valence electrons. The van der Waals surface area contributed by atoms with Gasteiger partial charge < -0.3 is 0 Å². The Bertz CT molecular complexity index is 1980. The second kappa shape index (κ2) is 10.9. The van der Waals surface area contributed by atoms with E-state index >= 15 is 0 Å². The molecule has 0 amide bonds. The molecule has 0 nitrogen and oxygen atoms in total. The maximum Gasteiger partial charge on any atom is 0.0419 e. The Morgan fingerprint density at radius 1 is 0.190 bits per heavy atom. The third kappa shape index (κ3) is 5.06. The molecular weight excluding hydrogens is 504 g/mol. The average Bonchev–Trinajstić information content (AvgIpc) is 3.03. The summed E-state index contributed by atoms with van der Waals surface area (Å²) in [7, 11) is 0. The van der Waals surface area contributed by atoms with Crippen LogP contribution in [0.15, 0.2) is 109 Å². The van der Waals surface area contributed by atoms with Crippen molar-refractivity contribution in [2.24, 2.45) is 0 Å². The number of rotatable bonds is 0. The van der Waals surface area contributed by atoms with E-state index in [4.69, 9.17) is 0 Å². The van der Waals surface area contributed by atoms with Crippen molar-refractivity contribution in [3.63, 3.8) is 0 Å². The van der Waals surface area contributed by atoms with Crippen molar-refractivity contribution in [2.45, 2.75) is 0 Å². The van der Waals surface area contributed by atoms with Crippen LogP contribution >= 0.6 is 0 Å². The van der Waals surface area contributed by atoms with Crippen LogP contribution in [-0.4, -0.2) is 0 Å². The summed E-state index contributed by atoms with van der Waals surface area (Å²) in [6.45, 7) is 0. The minimum atomic E-state index is 0.790. The molecule has 0 bridgehead atoms. The summed E-state index contributed by atoms with van der Waals surface area (Å²) in [4.78, 5) is 0. The molecule has 0 heteroatoms. The smallest absolute Gasteiger partial charge is 0.0419 e. The maximum absolute atomic E-state index is 3.37. The maximum atomic E-state index is 3.37.